The molecule has 4 nitrogen and oxygen atoms in total. The second kappa shape index (κ2) is 5.51. The van der Waals surface area contributed by atoms with Gasteiger partial charge in [-0.1, -0.05) is 15.9 Å². The molecule has 0 aliphatic heterocycles. The Morgan fingerprint density at radius 2 is 1.91 bits per heavy atom. The van der Waals surface area contributed by atoms with Gasteiger partial charge in [-0.05, 0) is 0 Å². The van der Waals surface area contributed by atoms with Gasteiger partial charge in [-0.3, -0.25) is 4.79 Å². The highest BCUT2D eigenvalue weighted by Gasteiger charge is 2.13. The van der Waals surface area contributed by atoms with Crippen molar-refractivity contribution in [1.82, 2.24) is 0 Å². The van der Waals surface area contributed by atoms with Crippen LogP contribution in [0.15, 0.2) is 0 Å². The van der Waals surface area contributed by atoms with Crippen LogP contribution >= 0.6 is 15.9 Å². The van der Waals surface area contributed by atoms with E-state index >= 15 is 0 Å². The van der Waals surface area contributed by atoms with Crippen molar-refractivity contribution in [3.8, 4) is 0 Å². The van der Waals surface area contributed by atoms with Crippen LogP contribution in [-0.4, -0.2) is 38.8 Å². The molecule has 0 spiro atoms. The number of aliphatic hydroxyl groups excluding tert-OH is 2. The third-order valence-corrected chi connectivity index (χ3v) is 1.88. The molecule has 11 heavy (non-hydrogen) atoms. The Bertz CT molecular complexity index is 128. The van der Waals surface area contributed by atoms with Gasteiger partial charge in [-0.15, -0.1) is 0 Å². The molecular formula is C6H11BrO4. The molecule has 0 amide bonds. The van der Waals surface area contributed by atoms with Crippen LogP contribution in [0.1, 0.15) is 12.8 Å². The number of halogens is 1. The van der Waals surface area contributed by atoms with Crippen LogP contribution in [0.4, 0.5) is 0 Å². The van der Waals surface area contributed by atoms with Gasteiger partial charge in [0.25, 0.3) is 0 Å². The maximum atomic E-state index is 10.0. The van der Waals surface area contributed by atoms with Gasteiger partial charge in [0.05, 0.1) is 18.6 Å². The summed E-state index contributed by atoms with van der Waals surface area (Å²) >= 11 is 3.00. The highest BCUT2D eigenvalue weighted by molar-refractivity contribution is 9.09. The number of rotatable bonds is 5. The maximum absolute atomic E-state index is 10.0. The van der Waals surface area contributed by atoms with Crippen LogP contribution in [0.3, 0.4) is 0 Å². The lowest BCUT2D eigenvalue weighted by Gasteiger charge is -2.10. The van der Waals surface area contributed by atoms with Crippen molar-refractivity contribution >= 4 is 21.9 Å². The van der Waals surface area contributed by atoms with Crippen molar-refractivity contribution in [1.29, 1.82) is 0 Å². The fraction of sp³-hybridized carbons (Fsp3) is 0.833. The Hall–Kier alpha value is -0.130. The summed E-state index contributed by atoms with van der Waals surface area (Å²) in [6.07, 6.45) is -1.86. The van der Waals surface area contributed by atoms with E-state index < -0.39 is 18.2 Å². The second-order valence-corrected chi connectivity index (χ2v) is 2.94. The minimum absolute atomic E-state index is 0.0948. The van der Waals surface area contributed by atoms with Crippen LogP contribution in [0.2, 0.25) is 0 Å². The lowest BCUT2D eigenvalue weighted by Crippen LogP contribution is -2.21. The molecule has 2 atom stereocenters. The standard InChI is InChI=1S/C6H11BrO4/c7-3-5(9)1-4(8)2-6(10)11/h4-5,8-9H,1-3H2,(H,10,11)/t4-,5+/m0/s1. The van der Waals surface area contributed by atoms with Crippen molar-refractivity contribution in [3.05, 3.63) is 0 Å². The molecule has 0 aliphatic carbocycles. The number of carboxylic acid groups (broad SMARTS) is 1. The average Bonchev–Trinajstić information content (AvgIpc) is 1.85. The first-order chi connectivity index (χ1) is 5.06. The summed E-state index contributed by atoms with van der Waals surface area (Å²) in [5.41, 5.74) is 0. The van der Waals surface area contributed by atoms with Crippen molar-refractivity contribution in [2.75, 3.05) is 5.33 Å². The van der Waals surface area contributed by atoms with E-state index in [1.807, 2.05) is 0 Å². The molecule has 0 saturated carbocycles. The van der Waals surface area contributed by atoms with E-state index in [4.69, 9.17) is 15.3 Å². The summed E-state index contributed by atoms with van der Waals surface area (Å²) in [6.45, 7) is 0. The van der Waals surface area contributed by atoms with E-state index in [9.17, 15) is 4.79 Å². The molecule has 0 radical (unpaired) electrons. The second-order valence-electron chi connectivity index (χ2n) is 2.30. The Morgan fingerprint density at radius 3 is 2.27 bits per heavy atom. The first-order valence-corrected chi connectivity index (χ1v) is 4.32. The summed E-state index contributed by atoms with van der Waals surface area (Å²) in [4.78, 5) is 10.0. The molecule has 0 aromatic carbocycles. The van der Waals surface area contributed by atoms with E-state index in [1.54, 1.807) is 0 Å². The van der Waals surface area contributed by atoms with Gasteiger partial charge in [0.1, 0.15) is 0 Å². The van der Waals surface area contributed by atoms with Gasteiger partial charge >= 0.3 is 5.97 Å². The predicted octanol–water partition coefficient (Wildman–Crippen LogP) is -0.0321. The van der Waals surface area contributed by atoms with Crippen molar-refractivity contribution in [3.63, 3.8) is 0 Å². The summed E-state index contributed by atoms with van der Waals surface area (Å²) in [6, 6.07) is 0. The smallest absolute Gasteiger partial charge is 0.305 e. The first kappa shape index (κ1) is 10.9. The van der Waals surface area contributed by atoms with E-state index in [2.05, 4.69) is 15.9 Å². The zero-order valence-corrected chi connectivity index (χ0v) is 7.49. The normalized spacial score (nSPS) is 15.9. The fourth-order valence-corrected chi connectivity index (χ4v) is 0.926. The molecule has 0 rings (SSSR count). The summed E-state index contributed by atoms with van der Waals surface area (Å²) in [7, 11) is 0. The minimum Gasteiger partial charge on any atom is -0.481 e. The van der Waals surface area contributed by atoms with Crippen LogP contribution in [0, 0.1) is 0 Å². The molecule has 3 N–H and O–H groups in total. The number of alkyl halides is 1. The van der Waals surface area contributed by atoms with Gasteiger partial charge < -0.3 is 15.3 Å². The lowest BCUT2D eigenvalue weighted by atomic mass is 10.1. The molecule has 0 bridgehead atoms. The third-order valence-electron chi connectivity index (χ3n) is 1.13. The molecule has 66 valence electrons. The number of aliphatic carboxylic acids is 1. The van der Waals surface area contributed by atoms with Crippen LogP contribution < -0.4 is 0 Å². The quantitative estimate of drug-likeness (QED) is 0.576. The first-order valence-electron chi connectivity index (χ1n) is 3.20. The van der Waals surface area contributed by atoms with E-state index in [0.29, 0.717) is 5.33 Å². The van der Waals surface area contributed by atoms with Crippen molar-refractivity contribution in [2.24, 2.45) is 0 Å². The Kier molecular flexibility index (Phi) is 5.45. The van der Waals surface area contributed by atoms with Gasteiger partial charge in [0.2, 0.25) is 0 Å². The Labute approximate surface area is 73.0 Å². The van der Waals surface area contributed by atoms with Crippen LogP contribution in [-0.2, 0) is 4.79 Å². The molecular weight excluding hydrogens is 216 g/mol. The van der Waals surface area contributed by atoms with E-state index in [1.165, 1.54) is 0 Å². The summed E-state index contributed by atoms with van der Waals surface area (Å²) in [5, 5.41) is 26.5. The molecule has 0 aliphatic rings. The van der Waals surface area contributed by atoms with Crippen molar-refractivity contribution < 1.29 is 20.1 Å². The number of carbonyl (C=O) groups is 1. The number of carboxylic acids is 1. The van der Waals surface area contributed by atoms with Crippen LogP contribution in [0.5, 0.6) is 0 Å². The highest BCUT2D eigenvalue weighted by Crippen LogP contribution is 2.04. The molecule has 5 heteroatoms. The summed E-state index contributed by atoms with van der Waals surface area (Å²) in [5.74, 6) is -1.06. The Morgan fingerprint density at radius 1 is 1.36 bits per heavy atom. The number of aliphatic hydroxyl groups is 2. The van der Waals surface area contributed by atoms with E-state index in [-0.39, 0.29) is 12.8 Å². The fourth-order valence-electron chi connectivity index (χ4n) is 0.662. The lowest BCUT2D eigenvalue weighted by molar-refractivity contribution is -0.139. The van der Waals surface area contributed by atoms with Gasteiger partial charge in [-0.25, -0.2) is 0 Å². The highest BCUT2D eigenvalue weighted by atomic mass is 79.9. The topological polar surface area (TPSA) is 77.8 Å². The molecule has 0 fully saturated rings. The average molecular weight is 227 g/mol. The monoisotopic (exact) mass is 226 g/mol. The molecule has 0 heterocycles. The van der Waals surface area contributed by atoms with Crippen LogP contribution in [0.25, 0.3) is 0 Å². The molecule has 0 aromatic rings. The number of hydrogen-bond acceptors (Lipinski definition) is 3. The number of hydrogen-bond donors (Lipinski definition) is 3. The summed E-state index contributed by atoms with van der Waals surface area (Å²) < 4.78 is 0. The SMILES string of the molecule is O=C(O)C[C@@H](O)C[C@@H](O)CBr. The molecule has 0 aromatic heterocycles. The third kappa shape index (κ3) is 6.28. The minimum atomic E-state index is -1.06. The maximum Gasteiger partial charge on any atom is 0.305 e. The van der Waals surface area contributed by atoms with Gasteiger partial charge in [0.15, 0.2) is 0 Å². The predicted molar refractivity (Wildman–Crippen MR) is 42.7 cm³/mol. The van der Waals surface area contributed by atoms with Gasteiger partial charge in [-0.2, -0.15) is 0 Å². The van der Waals surface area contributed by atoms with Gasteiger partial charge in [0, 0.05) is 11.8 Å². The van der Waals surface area contributed by atoms with E-state index in [0.717, 1.165) is 0 Å². The Balaban J connectivity index is 3.51. The zero-order chi connectivity index (χ0) is 8.85. The molecule has 0 saturated heterocycles. The van der Waals surface area contributed by atoms with Crippen molar-refractivity contribution in [2.45, 2.75) is 25.0 Å². The zero-order valence-electron chi connectivity index (χ0n) is 5.90. The molecule has 0 unspecified atom stereocenters. The largest absolute Gasteiger partial charge is 0.481 e.